The highest BCUT2D eigenvalue weighted by molar-refractivity contribution is 5.90. The van der Waals surface area contributed by atoms with Crippen molar-refractivity contribution in [1.82, 2.24) is 10.5 Å². The maximum atomic E-state index is 11.0. The Balaban J connectivity index is 1.75. The van der Waals surface area contributed by atoms with Crippen LogP contribution >= 0.6 is 0 Å². The van der Waals surface area contributed by atoms with Crippen LogP contribution in [0.5, 0.6) is 5.75 Å². The molecule has 0 aliphatic heterocycles. The summed E-state index contributed by atoms with van der Waals surface area (Å²) in [5, 5.41) is 16.0. The number of carbonyl (C=O) groups is 1. The Hall–Kier alpha value is -2.34. The largest absolute Gasteiger partial charge is 0.491 e. The third-order valence-corrected chi connectivity index (χ3v) is 2.64. The van der Waals surface area contributed by atoms with Gasteiger partial charge in [0.15, 0.2) is 0 Å². The number of para-hydroxylation sites is 1. The zero-order valence-electron chi connectivity index (χ0n) is 11.1. The van der Waals surface area contributed by atoms with Gasteiger partial charge in [0.2, 0.25) is 0 Å². The van der Waals surface area contributed by atoms with Crippen molar-refractivity contribution in [2.45, 2.75) is 13.5 Å². The van der Waals surface area contributed by atoms with Gasteiger partial charge >= 0.3 is 5.97 Å². The summed E-state index contributed by atoms with van der Waals surface area (Å²) in [7, 11) is 0. The van der Waals surface area contributed by atoms with Crippen molar-refractivity contribution < 1.29 is 19.2 Å². The molecule has 6 nitrogen and oxygen atoms in total. The first kappa shape index (κ1) is 14.1. The van der Waals surface area contributed by atoms with E-state index in [0.29, 0.717) is 25.4 Å². The van der Waals surface area contributed by atoms with Crippen molar-refractivity contribution in [3.63, 3.8) is 0 Å². The molecule has 0 aliphatic carbocycles. The zero-order chi connectivity index (χ0) is 14.4. The van der Waals surface area contributed by atoms with Crippen molar-refractivity contribution >= 4 is 5.97 Å². The quantitative estimate of drug-likeness (QED) is 0.751. The highest BCUT2D eigenvalue weighted by atomic mass is 16.5. The molecule has 0 aliphatic rings. The first-order chi connectivity index (χ1) is 9.66. The SMILES string of the molecule is Cc1cc(CNCCOc2ccccc2C(=O)O)no1. The lowest BCUT2D eigenvalue weighted by Gasteiger charge is -2.09. The summed E-state index contributed by atoms with van der Waals surface area (Å²) in [5.74, 6) is 0.152. The van der Waals surface area contributed by atoms with Crippen molar-refractivity contribution in [1.29, 1.82) is 0 Å². The van der Waals surface area contributed by atoms with Crippen molar-refractivity contribution in [3.05, 3.63) is 47.3 Å². The number of aromatic nitrogens is 1. The van der Waals surface area contributed by atoms with Crippen LogP contribution in [-0.4, -0.2) is 29.4 Å². The van der Waals surface area contributed by atoms with Gasteiger partial charge in [0, 0.05) is 19.2 Å². The highest BCUT2D eigenvalue weighted by Crippen LogP contribution is 2.17. The minimum Gasteiger partial charge on any atom is -0.491 e. The van der Waals surface area contributed by atoms with E-state index in [0.717, 1.165) is 11.5 Å². The van der Waals surface area contributed by atoms with Gasteiger partial charge in [-0.25, -0.2) is 4.79 Å². The number of aromatic carboxylic acids is 1. The van der Waals surface area contributed by atoms with E-state index < -0.39 is 5.97 Å². The van der Waals surface area contributed by atoms with Crippen molar-refractivity contribution in [2.24, 2.45) is 0 Å². The molecule has 2 N–H and O–H groups in total. The van der Waals surface area contributed by atoms with Crippen molar-refractivity contribution in [3.8, 4) is 5.75 Å². The van der Waals surface area contributed by atoms with E-state index >= 15 is 0 Å². The second-order valence-corrected chi connectivity index (χ2v) is 4.26. The molecule has 0 amide bonds. The van der Waals surface area contributed by atoms with Gasteiger partial charge in [0.05, 0.1) is 5.69 Å². The van der Waals surface area contributed by atoms with Crippen LogP contribution < -0.4 is 10.1 Å². The Kier molecular flexibility index (Phi) is 4.73. The molecule has 0 saturated heterocycles. The van der Waals surface area contributed by atoms with Crippen LogP contribution in [0.25, 0.3) is 0 Å². The molecule has 20 heavy (non-hydrogen) atoms. The molecule has 106 valence electrons. The molecular weight excluding hydrogens is 260 g/mol. The first-order valence-corrected chi connectivity index (χ1v) is 6.25. The molecular formula is C14H16N2O4. The molecule has 1 heterocycles. The van der Waals surface area contributed by atoms with E-state index in [1.165, 1.54) is 6.07 Å². The van der Waals surface area contributed by atoms with Gasteiger partial charge in [-0.3, -0.25) is 0 Å². The fourth-order valence-electron chi connectivity index (χ4n) is 1.72. The average molecular weight is 276 g/mol. The Bertz CT molecular complexity index is 580. The molecule has 0 saturated carbocycles. The average Bonchev–Trinajstić information content (AvgIpc) is 2.84. The van der Waals surface area contributed by atoms with Crippen LogP contribution in [0.1, 0.15) is 21.8 Å². The molecule has 2 rings (SSSR count). The van der Waals surface area contributed by atoms with Crippen molar-refractivity contribution in [2.75, 3.05) is 13.2 Å². The van der Waals surface area contributed by atoms with E-state index in [1.54, 1.807) is 18.2 Å². The molecule has 6 heteroatoms. The minimum absolute atomic E-state index is 0.166. The number of ether oxygens (including phenoxy) is 1. The van der Waals surface area contributed by atoms with Crippen LogP contribution in [0.4, 0.5) is 0 Å². The molecule has 0 fully saturated rings. The van der Waals surface area contributed by atoms with Gasteiger partial charge < -0.3 is 19.7 Å². The van der Waals surface area contributed by atoms with E-state index in [2.05, 4.69) is 10.5 Å². The van der Waals surface area contributed by atoms with Crippen LogP contribution in [-0.2, 0) is 6.54 Å². The number of rotatable bonds is 7. The normalized spacial score (nSPS) is 10.4. The second kappa shape index (κ2) is 6.72. The van der Waals surface area contributed by atoms with Crippen LogP contribution in [0, 0.1) is 6.92 Å². The number of aryl methyl sites for hydroxylation is 1. The fraction of sp³-hybridized carbons (Fsp3) is 0.286. The lowest BCUT2D eigenvalue weighted by atomic mass is 10.2. The van der Waals surface area contributed by atoms with Crippen LogP contribution in [0.15, 0.2) is 34.9 Å². The summed E-state index contributed by atoms with van der Waals surface area (Å²) in [6.07, 6.45) is 0. The van der Waals surface area contributed by atoms with Gasteiger partial charge in [-0.15, -0.1) is 0 Å². The molecule has 1 aromatic heterocycles. The third-order valence-electron chi connectivity index (χ3n) is 2.64. The molecule has 0 unspecified atom stereocenters. The van der Waals surface area contributed by atoms with E-state index in [-0.39, 0.29) is 5.56 Å². The zero-order valence-corrected chi connectivity index (χ0v) is 11.1. The Labute approximate surface area is 116 Å². The molecule has 2 aromatic rings. The number of benzene rings is 1. The maximum absolute atomic E-state index is 11.0. The monoisotopic (exact) mass is 276 g/mol. The lowest BCUT2D eigenvalue weighted by molar-refractivity contribution is 0.0692. The smallest absolute Gasteiger partial charge is 0.339 e. The van der Waals surface area contributed by atoms with E-state index in [9.17, 15) is 4.79 Å². The highest BCUT2D eigenvalue weighted by Gasteiger charge is 2.09. The summed E-state index contributed by atoms with van der Waals surface area (Å²) in [6, 6.07) is 8.43. The predicted molar refractivity (Wildman–Crippen MR) is 71.8 cm³/mol. The van der Waals surface area contributed by atoms with E-state index in [1.807, 2.05) is 13.0 Å². The molecule has 0 radical (unpaired) electrons. The number of nitrogens with one attached hydrogen (secondary N) is 1. The van der Waals surface area contributed by atoms with E-state index in [4.69, 9.17) is 14.4 Å². The Morgan fingerprint density at radius 3 is 2.95 bits per heavy atom. The Morgan fingerprint density at radius 2 is 2.25 bits per heavy atom. The van der Waals surface area contributed by atoms with Crippen LogP contribution in [0.2, 0.25) is 0 Å². The number of carboxylic acids is 1. The molecule has 0 spiro atoms. The van der Waals surface area contributed by atoms with Gasteiger partial charge in [0.1, 0.15) is 23.7 Å². The van der Waals surface area contributed by atoms with Gasteiger partial charge in [-0.2, -0.15) is 0 Å². The topological polar surface area (TPSA) is 84.6 Å². The number of hydrogen-bond acceptors (Lipinski definition) is 5. The summed E-state index contributed by atoms with van der Waals surface area (Å²) in [6.45, 7) is 3.38. The lowest BCUT2D eigenvalue weighted by Crippen LogP contribution is -2.21. The van der Waals surface area contributed by atoms with Gasteiger partial charge in [-0.05, 0) is 19.1 Å². The summed E-state index contributed by atoms with van der Waals surface area (Å²) in [4.78, 5) is 11.0. The molecule has 0 atom stereocenters. The number of hydrogen-bond donors (Lipinski definition) is 2. The Morgan fingerprint density at radius 1 is 1.45 bits per heavy atom. The number of nitrogens with zero attached hydrogens (tertiary/aromatic N) is 1. The minimum atomic E-state index is -0.994. The predicted octanol–water partition coefficient (Wildman–Crippen LogP) is 1.85. The maximum Gasteiger partial charge on any atom is 0.339 e. The molecule has 0 bridgehead atoms. The fourth-order valence-corrected chi connectivity index (χ4v) is 1.72. The first-order valence-electron chi connectivity index (χ1n) is 6.25. The second-order valence-electron chi connectivity index (χ2n) is 4.26. The standard InChI is InChI=1S/C14H16N2O4/c1-10-8-11(16-20-10)9-15-6-7-19-13-5-3-2-4-12(13)14(17)18/h2-5,8,15H,6-7,9H2,1H3,(H,17,18). The third kappa shape index (κ3) is 3.83. The summed E-state index contributed by atoms with van der Waals surface area (Å²) in [5.41, 5.74) is 0.994. The van der Waals surface area contributed by atoms with Gasteiger partial charge in [0.25, 0.3) is 0 Å². The summed E-state index contributed by atoms with van der Waals surface area (Å²) >= 11 is 0. The van der Waals surface area contributed by atoms with Gasteiger partial charge in [-0.1, -0.05) is 17.3 Å². The number of carboxylic acid groups (broad SMARTS) is 1. The molecule has 1 aromatic carbocycles. The summed E-state index contributed by atoms with van der Waals surface area (Å²) < 4.78 is 10.4. The van der Waals surface area contributed by atoms with Crippen LogP contribution in [0.3, 0.4) is 0 Å².